The van der Waals surface area contributed by atoms with E-state index in [1.54, 1.807) is 0 Å². The van der Waals surface area contributed by atoms with Gasteiger partial charge < -0.3 is 19.9 Å². The Morgan fingerprint density at radius 3 is 2.47 bits per heavy atom. The number of hydrogen-bond acceptors (Lipinski definition) is 4. The molecule has 1 saturated heterocycles. The van der Waals surface area contributed by atoms with E-state index in [4.69, 9.17) is 14.6 Å². The highest BCUT2D eigenvalue weighted by Crippen LogP contribution is 2.35. The van der Waals surface area contributed by atoms with Crippen LogP contribution in [0.15, 0.2) is 0 Å². The number of ether oxygens (including phenoxy) is 2. The summed E-state index contributed by atoms with van der Waals surface area (Å²) in [5.41, 5.74) is 0. The quantitative estimate of drug-likeness (QED) is 0.711. The van der Waals surface area contributed by atoms with Crippen molar-refractivity contribution in [3.63, 3.8) is 0 Å². The van der Waals surface area contributed by atoms with E-state index in [1.165, 1.54) is 0 Å². The molecule has 2 N–H and O–H groups in total. The second-order valence-corrected chi connectivity index (χ2v) is 4.16. The number of aliphatic carboxylic acids is 1. The number of carboxylic acids is 1. The van der Waals surface area contributed by atoms with E-state index in [9.17, 15) is 4.79 Å². The number of hydrogen-bond donors (Lipinski definition) is 2. The fraction of sp³-hybridized carbons (Fsp3) is 0.900. The maximum Gasteiger partial charge on any atom is 0.317 e. The van der Waals surface area contributed by atoms with Crippen LogP contribution in [0.5, 0.6) is 0 Å². The van der Waals surface area contributed by atoms with Gasteiger partial charge in [0.2, 0.25) is 0 Å². The summed E-state index contributed by atoms with van der Waals surface area (Å²) >= 11 is 0. The van der Waals surface area contributed by atoms with Gasteiger partial charge in [0.1, 0.15) is 0 Å². The predicted octanol–water partition coefficient (Wildman–Crippen LogP) is 0.346. The maximum atomic E-state index is 10.4. The lowest BCUT2D eigenvalue weighted by Crippen LogP contribution is -2.43. The molecule has 5 heteroatoms. The normalized spacial score (nSPS) is 25.9. The molecule has 5 nitrogen and oxygen atoms in total. The summed E-state index contributed by atoms with van der Waals surface area (Å²) in [6.07, 6.45) is 3.58. The number of nitrogens with one attached hydrogen (secondary N) is 1. The molecular formula is C10H17NO4. The minimum atomic E-state index is -0.802. The smallest absolute Gasteiger partial charge is 0.317 e. The Balaban J connectivity index is 1.74. The van der Waals surface area contributed by atoms with E-state index in [2.05, 4.69) is 5.32 Å². The molecule has 2 fully saturated rings. The van der Waals surface area contributed by atoms with Crippen molar-refractivity contribution in [3.8, 4) is 0 Å². The second-order valence-electron chi connectivity index (χ2n) is 4.16. The van der Waals surface area contributed by atoms with E-state index in [-0.39, 0.29) is 12.3 Å². The highest BCUT2D eigenvalue weighted by atomic mass is 16.7. The van der Waals surface area contributed by atoms with Crippen LogP contribution in [0.4, 0.5) is 0 Å². The molecule has 1 aliphatic heterocycles. The lowest BCUT2D eigenvalue weighted by atomic mass is 9.90. The second kappa shape index (κ2) is 4.47. The van der Waals surface area contributed by atoms with Crippen LogP contribution in [0.3, 0.4) is 0 Å². The van der Waals surface area contributed by atoms with Crippen molar-refractivity contribution in [2.24, 2.45) is 0 Å². The van der Waals surface area contributed by atoms with Crippen molar-refractivity contribution in [1.29, 1.82) is 0 Å². The van der Waals surface area contributed by atoms with E-state index in [0.29, 0.717) is 19.3 Å². The largest absolute Gasteiger partial charge is 0.480 e. The van der Waals surface area contributed by atoms with Crippen LogP contribution >= 0.6 is 0 Å². The monoisotopic (exact) mass is 215 g/mol. The van der Waals surface area contributed by atoms with Gasteiger partial charge in [-0.1, -0.05) is 0 Å². The molecule has 2 rings (SSSR count). The molecule has 86 valence electrons. The summed E-state index contributed by atoms with van der Waals surface area (Å²) in [5, 5.41) is 11.6. The van der Waals surface area contributed by atoms with Gasteiger partial charge in [-0.3, -0.25) is 4.79 Å². The van der Waals surface area contributed by atoms with Gasteiger partial charge in [-0.05, 0) is 12.8 Å². The zero-order valence-corrected chi connectivity index (χ0v) is 8.70. The van der Waals surface area contributed by atoms with E-state index >= 15 is 0 Å². The average molecular weight is 215 g/mol. The Bertz CT molecular complexity index is 228. The first-order valence-electron chi connectivity index (χ1n) is 5.43. The number of carbonyl (C=O) groups is 1. The molecule has 15 heavy (non-hydrogen) atoms. The first-order valence-corrected chi connectivity index (χ1v) is 5.43. The van der Waals surface area contributed by atoms with Gasteiger partial charge in [0.15, 0.2) is 5.79 Å². The molecule has 0 atom stereocenters. The Hall–Kier alpha value is -0.650. The molecule has 0 amide bonds. The van der Waals surface area contributed by atoms with Crippen molar-refractivity contribution in [2.45, 2.75) is 37.5 Å². The highest BCUT2D eigenvalue weighted by Gasteiger charge is 2.40. The molecule has 0 bridgehead atoms. The summed E-state index contributed by atoms with van der Waals surface area (Å²) in [6.45, 7) is 1.42. The molecule has 0 aromatic heterocycles. The summed E-state index contributed by atoms with van der Waals surface area (Å²) < 4.78 is 11.2. The van der Waals surface area contributed by atoms with Crippen LogP contribution in [0, 0.1) is 0 Å². The van der Waals surface area contributed by atoms with Gasteiger partial charge in [0.25, 0.3) is 0 Å². The fourth-order valence-corrected chi connectivity index (χ4v) is 2.28. The number of carboxylic acid groups (broad SMARTS) is 1. The van der Waals surface area contributed by atoms with Gasteiger partial charge in [0.05, 0.1) is 19.8 Å². The first-order chi connectivity index (χ1) is 7.20. The van der Waals surface area contributed by atoms with Crippen LogP contribution < -0.4 is 5.32 Å². The van der Waals surface area contributed by atoms with Crippen molar-refractivity contribution < 1.29 is 19.4 Å². The topological polar surface area (TPSA) is 67.8 Å². The summed E-state index contributed by atoms with van der Waals surface area (Å²) in [7, 11) is 0. The summed E-state index contributed by atoms with van der Waals surface area (Å²) in [4.78, 5) is 10.4. The highest BCUT2D eigenvalue weighted by molar-refractivity contribution is 5.69. The van der Waals surface area contributed by atoms with Crippen LogP contribution in [-0.4, -0.2) is 42.7 Å². The predicted molar refractivity (Wildman–Crippen MR) is 52.5 cm³/mol. The third-order valence-electron chi connectivity index (χ3n) is 3.10. The lowest BCUT2D eigenvalue weighted by molar-refractivity contribution is -0.179. The van der Waals surface area contributed by atoms with Crippen molar-refractivity contribution in [3.05, 3.63) is 0 Å². The van der Waals surface area contributed by atoms with Gasteiger partial charge >= 0.3 is 5.97 Å². The molecule has 0 aromatic rings. The Kier molecular flexibility index (Phi) is 3.23. The Morgan fingerprint density at radius 2 is 1.93 bits per heavy atom. The van der Waals surface area contributed by atoms with Crippen LogP contribution in [0.2, 0.25) is 0 Å². The molecule has 1 aliphatic carbocycles. The van der Waals surface area contributed by atoms with Crippen molar-refractivity contribution in [2.75, 3.05) is 19.8 Å². The zero-order chi connectivity index (χ0) is 10.7. The zero-order valence-electron chi connectivity index (χ0n) is 8.70. The van der Waals surface area contributed by atoms with Gasteiger partial charge in [-0.25, -0.2) is 0 Å². The van der Waals surface area contributed by atoms with E-state index in [0.717, 1.165) is 25.7 Å². The third kappa shape index (κ3) is 2.68. The van der Waals surface area contributed by atoms with Gasteiger partial charge in [-0.15, -0.1) is 0 Å². The molecule has 1 spiro atoms. The van der Waals surface area contributed by atoms with Crippen LogP contribution in [-0.2, 0) is 14.3 Å². The minimum absolute atomic E-state index is 0.0411. The molecule has 1 heterocycles. The molecular weight excluding hydrogens is 198 g/mol. The summed E-state index contributed by atoms with van der Waals surface area (Å²) in [5.74, 6) is -1.15. The van der Waals surface area contributed by atoms with Crippen LogP contribution in [0.1, 0.15) is 25.7 Å². The molecule has 2 aliphatic rings. The maximum absolute atomic E-state index is 10.4. The lowest BCUT2D eigenvalue weighted by Gasteiger charge is -2.35. The molecule has 1 saturated carbocycles. The standard InChI is InChI=1S/C10H17NO4/c12-9(13)7-11-8-1-3-10(4-2-8)14-5-6-15-10/h8,11H,1-7H2,(H,12,13). The van der Waals surface area contributed by atoms with Gasteiger partial charge in [-0.2, -0.15) is 0 Å². The average Bonchev–Trinajstić information content (AvgIpc) is 2.66. The van der Waals surface area contributed by atoms with Crippen molar-refractivity contribution in [1.82, 2.24) is 5.32 Å². The third-order valence-corrected chi connectivity index (χ3v) is 3.10. The Labute approximate surface area is 88.7 Å². The fourth-order valence-electron chi connectivity index (χ4n) is 2.28. The molecule has 0 radical (unpaired) electrons. The van der Waals surface area contributed by atoms with Gasteiger partial charge in [0, 0.05) is 18.9 Å². The van der Waals surface area contributed by atoms with E-state index in [1.807, 2.05) is 0 Å². The summed E-state index contributed by atoms with van der Waals surface area (Å²) in [6, 6.07) is 0.291. The van der Waals surface area contributed by atoms with Crippen LogP contribution in [0.25, 0.3) is 0 Å². The first kappa shape index (κ1) is 10.9. The SMILES string of the molecule is O=C(O)CNC1CCC2(CC1)OCCO2. The van der Waals surface area contributed by atoms with E-state index < -0.39 is 5.97 Å². The Morgan fingerprint density at radius 1 is 1.33 bits per heavy atom. The minimum Gasteiger partial charge on any atom is -0.480 e. The number of rotatable bonds is 3. The molecule has 0 aromatic carbocycles. The molecule has 0 unspecified atom stereocenters. The van der Waals surface area contributed by atoms with Crippen molar-refractivity contribution >= 4 is 5.97 Å².